The van der Waals surface area contributed by atoms with Gasteiger partial charge in [0.05, 0.1) is 16.8 Å². The maximum atomic E-state index is 12.6. The van der Waals surface area contributed by atoms with Crippen LogP contribution < -0.4 is 10.2 Å². The number of anilines is 2. The van der Waals surface area contributed by atoms with Gasteiger partial charge in [-0.2, -0.15) is 5.26 Å². The van der Waals surface area contributed by atoms with Crippen molar-refractivity contribution in [1.29, 1.82) is 5.26 Å². The van der Waals surface area contributed by atoms with Gasteiger partial charge >= 0.3 is 0 Å². The first kappa shape index (κ1) is 19.9. The van der Waals surface area contributed by atoms with E-state index in [1.54, 1.807) is 30.6 Å². The second kappa shape index (κ2) is 8.93. The van der Waals surface area contributed by atoms with Crippen LogP contribution in [0.25, 0.3) is 10.9 Å². The molecule has 1 aliphatic heterocycles. The Bertz CT molecular complexity index is 1090. The highest BCUT2D eigenvalue weighted by Gasteiger charge is 2.22. The number of fused-ring (bicyclic) bond motifs is 1. The van der Waals surface area contributed by atoms with E-state index in [1.807, 2.05) is 11.0 Å². The molecule has 0 unspecified atom stereocenters. The molecule has 0 atom stereocenters. The van der Waals surface area contributed by atoms with Crippen LogP contribution in [-0.2, 0) is 4.79 Å². The molecule has 1 aromatic carbocycles. The fraction of sp³-hybridized carbons (Fsp3) is 0.286. The molecule has 1 amide bonds. The fourth-order valence-corrected chi connectivity index (χ4v) is 3.68. The maximum Gasteiger partial charge on any atom is 0.225 e. The van der Waals surface area contributed by atoms with Crippen molar-refractivity contribution in [2.24, 2.45) is 0 Å². The molecule has 152 valence electrons. The molecule has 1 saturated heterocycles. The zero-order chi connectivity index (χ0) is 20.9. The lowest BCUT2D eigenvalue weighted by Gasteiger charge is -2.34. The predicted octanol–water partition coefficient (Wildman–Crippen LogP) is 2.70. The number of piperazine rings is 1. The minimum atomic E-state index is 0.0750. The number of halogens is 1. The molecule has 8 nitrogen and oxygen atoms in total. The van der Waals surface area contributed by atoms with Crippen LogP contribution in [-0.4, -0.2) is 58.5 Å². The van der Waals surface area contributed by atoms with E-state index >= 15 is 0 Å². The first-order valence-electron chi connectivity index (χ1n) is 9.67. The molecule has 0 aliphatic carbocycles. The Morgan fingerprint density at radius 3 is 2.67 bits per heavy atom. The van der Waals surface area contributed by atoms with Gasteiger partial charge in [0.1, 0.15) is 6.07 Å². The second-order valence-corrected chi connectivity index (χ2v) is 7.35. The Morgan fingerprint density at radius 1 is 1.17 bits per heavy atom. The summed E-state index contributed by atoms with van der Waals surface area (Å²) in [5, 5.41) is 14.0. The van der Waals surface area contributed by atoms with E-state index in [0.717, 1.165) is 10.9 Å². The third kappa shape index (κ3) is 4.26. The van der Waals surface area contributed by atoms with Crippen LogP contribution in [0.2, 0.25) is 5.02 Å². The molecule has 3 heterocycles. The van der Waals surface area contributed by atoms with Gasteiger partial charge in [0, 0.05) is 68.1 Å². The fourth-order valence-electron chi connectivity index (χ4n) is 3.50. The van der Waals surface area contributed by atoms with Gasteiger partial charge in [0.25, 0.3) is 0 Å². The van der Waals surface area contributed by atoms with Crippen LogP contribution in [0.1, 0.15) is 12.0 Å². The average molecular weight is 422 g/mol. The van der Waals surface area contributed by atoms with Crippen LogP contribution in [0.3, 0.4) is 0 Å². The number of rotatable bonds is 5. The average Bonchev–Trinajstić information content (AvgIpc) is 2.79. The van der Waals surface area contributed by atoms with E-state index in [1.165, 1.54) is 6.20 Å². The number of nitrogens with zero attached hydrogens (tertiary/aromatic N) is 6. The SMILES string of the molecule is N#Cc1cnc2ccc(Cl)cc2c1NCCC(=O)N1CCN(c2ncccn2)CC1. The quantitative estimate of drug-likeness (QED) is 0.676. The smallest absolute Gasteiger partial charge is 0.225 e. The van der Waals surface area contributed by atoms with E-state index < -0.39 is 0 Å². The van der Waals surface area contributed by atoms with Crippen molar-refractivity contribution >= 4 is 40.0 Å². The first-order chi connectivity index (χ1) is 14.7. The van der Waals surface area contributed by atoms with Crippen molar-refractivity contribution in [2.45, 2.75) is 6.42 Å². The number of benzene rings is 1. The molecular weight excluding hydrogens is 402 g/mol. The number of carbonyl (C=O) groups excluding carboxylic acids is 1. The van der Waals surface area contributed by atoms with Gasteiger partial charge in [-0.25, -0.2) is 9.97 Å². The van der Waals surface area contributed by atoms with Gasteiger partial charge in [0.2, 0.25) is 11.9 Å². The number of nitrogens with one attached hydrogen (secondary N) is 1. The highest BCUT2D eigenvalue weighted by molar-refractivity contribution is 6.31. The minimum absolute atomic E-state index is 0.0750. The number of hydrogen-bond donors (Lipinski definition) is 1. The zero-order valence-corrected chi connectivity index (χ0v) is 17.0. The van der Waals surface area contributed by atoms with E-state index in [-0.39, 0.29) is 5.91 Å². The topological polar surface area (TPSA) is 98.0 Å². The lowest BCUT2D eigenvalue weighted by Crippen LogP contribution is -2.49. The monoisotopic (exact) mass is 421 g/mol. The Balaban J connectivity index is 1.35. The van der Waals surface area contributed by atoms with E-state index in [2.05, 4.69) is 31.2 Å². The Labute approximate surface area is 179 Å². The van der Waals surface area contributed by atoms with Crippen molar-refractivity contribution in [1.82, 2.24) is 19.9 Å². The lowest BCUT2D eigenvalue weighted by molar-refractivity contribution is -0.131. The minimum Gasteiger partial charge on any atom is -0.383 e. The molecule has 4 rings (SSSR count). The summed E-state index contributed by atoms with van der Waals surface area (Å²) in [6.45, 7) is 3.09. The summed E-state index contributed by atoms with van der Waals surface area (Å²) in [7, 11) is 0. The Kier molecular flexibility index (Phi) is 5.91. The molecule has 1 fully saturated rings. The van der Waals surface area contributed by atoms with Crippen molar-refractivity contribution < 1.29 is 4.79 Å². The molecule has 0 spiro atoms. The second-order valence-electron chi connectivity index (χ2n) is 6.91. The van der Waals surface area contributed by atoms with Crippen LogP contribution in [0.4, 0.5) is 11.6 Å². The summed E-state index contributed by atoms with van der Waals surface area (Å²) < 4.78 is 0. The van der Waals surface area contributed by atoms with Crippen LogP contribution in [0.5, 0.6) is 0 Å². The summed E-state index contributed by atoms with van der Waals surface area (Å²) in [4.78, 5) is 29.4. The van der Waals surface area contributed by atoms with Gasteiger partial charge in [-0.15, -0.1) is 0 Å². The largest absolute Gasteiger partial charge is 0.383 e. The van der Waals surface area contributed by atoms with E-state index in [4.69, 9.17) is 11.6 Å². The van der Waals surface area contributed by atoms with Crippen LogP contribution in [0, 0.1) is 11.3 Å². The molecule has 0 saturated carbocycles. The lowest BCUT2D eigenvalue weighted by atomic mass is 10.1. The number of amides is 1. The summed E-state index contributed by atoms with van der Waals surface area (Å²) in [5.41, 5.74) is 1.82. The predicted molar refractivity (Wildman–Crippen MR) is 115 cm³/mol. The van der Waals surface area contributed by atoms with E-state index in [9.17, 15) is 10.1 Å². The molecular formula is C21H20ClN7O. The molecule has 1 N–H and O–H groups in total. The highest BCUT2D eigenvalue weighted by Crippen LogP contribution is 2.28. The molecule has 9 heteroatoms. The summed E-state index contributed by atoms with van der Waals surface area (Å²) in [5.74, 6) is 0.768. The highest BCUT2D eigenvalue weighted by atomic mass is 35.5. The molecule has 3 aromatic rings. The van der Waals surface area contributed by atoms with Crippen LogP contribution in [0.15, 0.2) is 42.9 Å². The van der Waals surface area contributed by atoms with Crippen LogP contribution >= 0.6 is 11.6 Å². The summed E-state index contributed by atoms with van der Waals surface area (Å²) >= 11 is 6.12. The molecule has 1 aliphatic rings. The van der Waals surface area contributed by atoms with Crippen molar-refractivity contribution in [3.8, 4) is 6.07 Å². The van der Waals surface area contributed by atoms with Crippen molar-refractivity contribution in [2.75, 3.05) is 42.9 Å². The molecule has 2 aromatic heterocycles. The third-order valence-electron chi connectivity index (χ3n) is 5.06. The number of carbonyl (C=O) groups is 1. The summed E-state index contributed by atoms with van der Waals surface area (Å²) in [6.07, 6.45) is 5.30. The Morgan fingerprint density at radius 2 is 1.93 bits per heavy atom. The van der Waals surface area contributed by atoms with Gasteiger partial charge in [-0.1, -0.05) is 11.6 Å². The zero-order valence-electron chi connectivity index (χ0n) is 16.3. The van der Waals surface area contributed by atoms with Crippen molar-refractivity contribution in [3.05, 3.63) is 53.4 Å². The normalized spacial score (nSPS) is 13.9. The molecule has 0 radical (unpaired) electrons. The number of hydrogen-bond acceptors (Lipinski definition) is 7. The molecule has 0 bridgehead atoms. The third-order valence-corrected chi connectivity index (χ3v) is 5.29. The van der Waals surface area contributed by atoms with E-state index in [0.29, 0.717) is 61.4 Å². The standard InChI is InChI=1S/C21H20ClN7O/c22-16-2-3-18-17(12-16)20(15(13-23)14-27-18)24-7-4-19(30)28-8-10-29(11-9-28)21-25-5-1-6-26-21/h1-3,5-6,12,14H,4,7-11H2,(H,24,27). The van der Waals surface area contributed by atoms with Gasteiger partial charge in [0.15, 0.2) is 0 Å². The number of aromatic nitrogens is 3. The number of pyridine rings is 1. The van der Waals surface area contributed by atoms with Gasteiger partial charge in [-0.05, 0) is 24.3 Å². The van der Waals surface area contributed by atoms with Gasteiger partial charge < -0.3 is 15.1 Å². The van der Waals surface area contributed by atoms with Gasteiger partial charge in [-0.3, -0.25) is 9.78 Å². The first-order valence-corrected chi connectivity index (χ1v) is 10.1. The Hall–Kier alpha value is -3.44. The molecule has 30 heavy (non-hydrogen) atoms. The number of nitriles is 1. The summed E-state index contributed by atoms with van der Waals surface area (Å²) in [6, 6.07) is 9.28. The maximum absolute atomic E-state index is 12.6. The van der Waals surface area contributed by atoms with Crippen molar-refractivity contribution in [3.63, 3.8) is 0 Å².